The number of hydrogen-bond donors (Lipinski definition) is 2. The van der Waals surface area contributed by atoms with Gasteiger partial charge in [-0.1, -0.05) is 18.2 Å². The van der Waals surface area contributed by atoms with Gasteiger partial charge in [0.05, 0.1) is 0 Å². The van der Waals surface area contributed by atoms with Crippen LogP contribution in [0.25, 0.3) is 0 Å². The maximum absolute atomic E-state index is 12.3. The van der Waals surface area contributed by atoms with Crippen molar-refractivity contribution in [2.45, 2.75) is 18.9 Å². The number of carboxylic acids is 1. The van der Waals surface area contributed by atoms with Gasteiger partial charge in [0.15, 0.2) is 0 Å². The molecular weight excluding hydrogens is 248 g/mol. The van der Waals surface area contributed by atoms with Crippen LogP contribution in [0.15, 0.2) is 30.3 Å². The molecule has 2 N–H and O–H groups in total. The monoisotopic (exact) mass is 262 g/mol. The fourth-order valence-electron chi connectivity index (χ4n) is 2.03. The van der Waals surface area contributed by atoms with Crippen LogP contribution in [-0.2, 0) is 14.4 Å². The third kappa shape index (κ3) is 3.09. The average molecular weight is 262 g/mol. The van der Waals surface area contributed by atoms with Crippen molar-refractivity contribution in [2.75, 3.05) is 11.4 Å². The van der Waals surface area contributed by atoms with Gasteiger partial charge in [-0.15, -0.1) is 0 Å². The van der Waals surface area contributed by atoms with E-state index in [0.717, 1.165) is 0 Å². The molecule has 1 aliphatic rings. The van der Waals surface area contributed by atoms with E-state index in [1.54, 1.807) is 30.3 Å². The molecule has 2 amide bonds. The number of para-hydroxylation sites is 1. The lowest BCUT2D eigenvalue weighted by molar-refractivity contribution is -0.136. The van der Waals surface area contributed by atoms with E-state index in [2.05, 4.69) is 5.32 Å². The van der Waals surface area contributed by atoms with Crippen LogP contribution in [0.2, 0.25) is 0 Å². The van der Waals surface area contributed by atoms with Crippen molar-refractivity contribution >= 4 is 23.5 Å². The molecule has 6 nitrogen and oxygen atoms in total. The molecular formula is C13H14N2O4. The Morgan fingerprint density at radius 3 is 2.53 bits per heavy atom. The van der Waals surface area contributed by atoms with Crippen LogP contribution in [0, 0.1) is 0 Å². The molecule has 0 spiro atoms. The number of carbonyl (C=O) groups excluding carboxylic acids is 2. The number of hydrogen-bond acceptors (Lipinski definition) is 3. The lowest BCUT2D eigenvalue weighted by atomic mass is 10.2. The normalized spacial score (nSPS) is 17.9. The highest BCUT2D eigenvalue weighted by molar-refractivity contribution is 6.03. The van der Waals surface area contributed by atoms with Crippen molar-refractivity contribution in [3.8, 4) is 0 Å². The molecule has 2 rings (SSSR count). The van der Waals surface area contributed by atoms with Crippen LogP contribution in [0.4, 0.5) is 5.69 Å². The Morgan fingerprint density at radius 2 is 2.00 bits per heavy atom. The van der Waals surface area contributed by atoms with Gasteiger partial charge in [-0.3, -0.25) is 19.3 Å². The first-order chi connectivity index (χ1) is 9.08. The summed E-state index contributed by atoms with van der Waals surface area (Å²) in [5, 5.41) is 11.5. The van der Waals surface area contributed by atoms with Crippen molar-refractivity contribution in [3.05, 3.63) is 30.3 Å². The second-order valence-electron chi connectivity index (χ2n) is 4.31. The SMILES string of the molecule is O=C(O)CN(C(=O)C1CCC(=O)N1)c1ccccc1. The quantitative estimate of drug-likeness (QED) is 0.821. The average Bonchev–Trinajstić information content (AvgIpc) is 2.83. The van der Waals surface area contributed by atoms with Gasteiger partial charge >= 0.3 is 5.97 Å². The molecule has 6 heteroatoms. The van der Waals surface area contributed by atoms with Crippen LogP contribution in [0.5, 0.6) is 0 Å². The predicted octanol–water partition coefficient (Wildman–Crippen LogP) is 0.383. The molecule has 100 valence electrons. The molecule has 1 saturated heterocycles. The van der Waals surface area contributed by atoms with E-state index in [9.17, 15) is 14.4 Å². The Hall–Kier alpha value is -2.37. The summed E-state index contributed by atoms with van der Waals surface area (Å²) in [5.41, 5.74) is 0.510. The third-order valence-electron chi connectivity index (χ3n) is 2.92. The molecule has 1 aromatic carbocycles. The molecule has 0 radical (unpaired) electrons. The first-order valence-electron chi connectivity index (χ1n) is 5.95. The summed E-state index contributed by atoms with van der Waals surface area (Å²) in [6, 6.07) is 7.93. The lowest BCUT2D eigenvalue weighted by Crippen LogP contribution is -2.46. The summed E-state index contributed by atoms with van der Waals surface area (Å²) in [5.74, 6) is -1.66. The molecule has 0 aliphatic carbocycles. The van der Waals surface area contributed by atoms with Crippen LogP contribution in [0.1, 0.15) is 12.8 Å². The zero-order chi connectivity index (χ0) is 13.8. The minimum atomic E-state index is -1.10. The van der Waals surface area contributed by atoms with E-state index in [4.69, 9.17) is 5.11 Å². The molecule has 19 heavy (non-hydrogen) atoms. The fourth-order valence-corrected chi connectivity index (χ4v) is 2.03. The molecule has 1 atom stereocenters. The summed E-state index contributed by atoms with van der Waals surface area (Å²) in [6.07, 6.45) is 0.701. The molecule has 1 fully saturated rings. The number of benzene rings is 1. The van der Waals surface area contributed by atoms with Gasteiger partial charge in [0.1, 0.15) is 12.6 Å². The van der Waals surface area contributed by atoms with E-state index >= 15 is 0 Å². The Morgan fingerprint density at radius 1 is 1.32 bits per heavy atom. The predicted molar refractivity (Wildman–Crippen MR) is 67.6 cm³/mol. The zero-order valence-electron chi connectivity index (χ0n) is 10.2. The number of carboxylic acid groups (broad SMARTS) is 1. The van der Waals surface area contributed by atoms with Crippen molar-refractivity contribution in [1.82, 2.24) is 5.32 Å². The second kappa shape index (κ2) is 5.51. The number of anilines is 1. The Balaban J connectivity index is 2.20. The number of amides is 2. The van der Waals surface area contributed by atoms with E-state index in [0.29, 0.717) is 18.5 Å². The number of nitrogens with zero attached hydrogens (tertiary/aromatic N) is 1. The standard InChI is InChI=1S/C13H14N2O4/c16-11-7-6-10(14-11)13(19)15(8-12(17)18)9-4-2-1-3-5-9/h1-5,10H,6-8H2,(H,14,16)(H,17,18). The van der Waals surface area contributed by atoms with Gasteiger partial charge in [-0.2, -0.15) is 0 Å². The zero-order valence-corrected chi connectivity index (χ0v) is 10.2. The molecule has 0 bridgehead atoms. The summed E-state index contributed by atoms with van der Waals surface area (Å²) in [7, 11) is 0. The lowest BCUT2D eigenvalue weighted by Gasteiger charge is -2.23. The maximum atomic E-state index is 12.3. The second-order valence-corrected chi connectivity index (χ2v) is 4.31. The van der Waals surface area contributed by atoms with Crippen molar-refractivity contribution in [3.63, 3.8) is 0 Å². The van der Waals surface area contributed by atoms with Gasteiger partial charge in [0.25, 0.3) is 0 Å². The van der Waals surface area contributed by atoms with Gasteiger partial charge in [0, 0.05) is 12.1 Å². The summed E-state index contributed by atoms with van der Waals surface area (Å²) < 4.78 is 0. The van der Waals surface area contributed by atoms with Gasteiger partial charge in [-0.05, 0) is 18.6 Å². The Labute approximate surface area is 110 Å². The number of rotatable bonds is 4. The number of aliphatic carboxylic acids is 1. The van der Waals surface area contributed by atoms with Gasteiger partial charge < -0.3 is 10.4 Å². The molecule has 1 aliphatic heterocycles. The largest absolute Gasteiger partial charge is 0.480 e. The number of carbonyl (C=O) groups is 3. The van der Waals surface area contributed by atoms with Gasteiger partial charge in [0.2, 0.25) is 11.8 Å². The van der Waals surface area contributed by atoms with Crippen molar-refractivity contribution in [2.24, 2.45) is 0 Å². The highest BCUT2D eigenvalue weighted by atomic mass is 16.4. The number of nitrogens with one attached hydrogen (secondary N) is 1. The first-order valence-corrected chi connectivity index (χ1v) is 5.95. The summed E-state index contributed by atoms with van der Waals surface area (Å²) in [4.78, 5) is 35.5. The minimum absolute atomic E-state index is 0.179. The van der Waals surface area contributed by atoms with Crippen LogP contribution in [0.3, 0.4) is 0 Å². The van der Waals surface area contributed by atoms with E-state index < -0.39 is 18.6 Å². The maximum Gasteiger partial charge on any atom is 0.323 e. The molecule has 0 aromatic heterocycles. The van der Waals surface area contributed by atoms with E-state index in [1.165, 1.54) is 4.90 Å². The van der Waals surface area contributed by atoms with Crippen LogP contribution < -0.4 is 10.2 Å². The highest BCUT2D eigenvalue weighted by Gasteiger charge is 2.32. The molecule has 0 saturated carbocycles. The first kappa shape index (κ1) is 13.1. The molecule has 1 heterocycles. The minimum Gasteiger partial charge on any atom is -0.480 e. The van der Waals surface area contributed by atoms with E-state index in [1.807, 2.05) is 0 Å². The fraction of sp³-hybridized carbons (Fsp3) is 0.308. The van der Waals surface area contributed by atoms with Crippen molar-refractivity contribution < 1.29 is 19.5 Å². The Bertz CT molecular complexity index is 501. The molecule has 1 unspecified atom stereocenters. The summed E-state index contributed by atoms with van der Waals surface area (Å²) in [6.45, 7) is -0.421. The molecule has 1 aromatic rings. The Kier molecular flexibility index (Phi) is 3.79. The smallest absolute Gasteiger partial charge is 0.323 e. The van der Waals surface area contributed by atoms with Crippen LogP contribution >= 0.6 is 0 Å². The highest BCUT2D eigenvalue weighted by Crippen LogP contribution is 2.17. The van der Waals surface area contributed by atoms with E-state index in [-0.39, 0.29) is 11.8 Å². The summed E-state index contributed by atoms with van der Waals surface area (Å²) >= 11 is 0. The topological polar surface area (TPSA) is 86.7 Å². The van der Waals surface area contributed by atoms with Crippen LogP contribution in [-0.4, -0.2) is 35.5 Å². The van der Waals surface area contributed by atoms with Gasteiger partial charge in [-0.25, -0.2) is 0 Å². The van der Waals surface area contributed by atoms with Crippen molar-refractivity contribution in [1.29, 1.82) is 0 Å². The third-order valence-corrected chi connectivity index (χ3v) is 2.92.